The maximum absolute atomic E-state index is 12.7. The Hall–Kier alpha value is -2.60. The summed E-state index contributed by atoms with van der Waals surface area (Å²) in [6, 6.07) is 0. The molecule has 53 heavy (non-hydrogen) atoms. The molecule has 0 spiro atoms. The number of hydrogen-bond acceptors (Lipinski definition) is 10. The number of allylic oxidation sites excluding steroid dienone is 10. The molecule has 1 aliphatic rings. The highest BCUT2D eigenvalue weighted by Gasteiger charge is 2.44. The fraction of sp³-hybridized carbons (Fsp3) is 0.721. The molecule has 0 saturated carbocycles. The Morgan fingerprint density at radius 2 is 1.13 bits per heavy atom. The van der Waals surface area contributed by atoms with Crippen LogP contribution in [0.3, 0.4) is 0 Å². The molecule has 0 radical (unpaired) electrons. The van der Waals surface area contributed by atoms with E-state index in [1.165, 1.54) is 25.7 Å². The van der Waals surface area contributed by atoms with Gasteiger partial charge in [0.05, 0.1) is 13.2 Å². The first-order valence-corrected chi connectivity index (χ1v) is 20.4. The van der Waals surface area contributed by atoms with E-state index in [0.717, 1.165) is 77.0 Å². The zero-order valence-electron chi connectivity index (χ0n) is 32.7. The summed E-state index contributed by atoms with van der Waals surface area (Å²) in [5.74, 6) is -0.851. The summed E-state index contributed by atoms with van der Waals surface area (Å²) in [6.45, 7) is 3.21. The van der Waals surface area contributed by atoms with E-state index in [1.54, 1.807) is 0 Å². The van der Waals surface area contributed by atoms with Gasteiger partial charge in [0.1, 0.15) is 31.0 Å². The van der Waals surface area contributed by atoms with Gasteiger partial charge in [-0.05, 0) is 57.8 Å². The van der Waals surface area contributed by atoms with Crippen LogP contribution in [0.1, 0.15) is 142 Å². The second kappa shape index (κ2) is 33.9. The number of unbranched alkanes of at least 4 members (excludes halogenated alkanes) is 14. The molecule has 0 amide bonds. The van der Waals surface area contributed by atoms with Crippen molar-refractivity contribution < 1.29 is 49.0 Å². The molecule has 0 aromatic rings. The molecule has 1 aliphatic heterocycles. The minimum Gasteiger partial charge on any atom is -0.462 e. The maximum atomic E-state index is 12.7. The highest BCUT2D eigenvalue weighted by atomic mass is 16.7. The molecular weight excluding hydrogens is 676 g/mol. The Kier molecular flexibility index (Phi) is 31.0. The molecule has 304 valence electrons. The van der Waals surface area contributed by atoms with Gasteiger partial charge >= 0.3 is 11.9 Å². The number of aliphatic hydroxyl groups excluding tert-OH is 4. The van der Waals surface area contributed by atoms with Gasteiger partial charge in [0, 0.05) is 12.8 Å². The van der Waals surface area contributed by atoms with Crippen LogP contribution in [-0.2, 0) is 28.5 Å². The topological polar surface area (TPSA) is 152 Å². The number of carbonyl (C=O) groups is 2. The van der Waals surface area contributed by atoms with Crippen LogP contribution in [0.5, 0.6) is 0 Å². The van der Waals surface area contributed by atoms with Crippen molar-refractivity contribution in [2.75, 3.05) is 19.8 Å². The van der Waals surface area contributed by atoms with E-state index in [0.29, 0.717) is 12.8 Å². The van der Waals surface area contributed by atoms with Gasteiger partial charge in [0.2, 0.25) is 0 Å². The molecule has 0 bridgehead atoms. The second-order valence-corrected chi connectivity index (χ2v) is 13.8. The third-order valence-electron chi connectivity index (χ3n) is 8.98. The molecule has 10 heteroatoms. The number of rotatable bonds is 32. The highest BCUT2D eigenvalue weighted by molar-refractivity contribution is 5.70. The van der Waals surface area contributed by atoms with E-state index in [-0.39, 0.29) is 26.1 Å². The predicted octanol–water partition coefficient (Wildman–Crippen LogP) is 7.88. The van der Waals surface area contributed by atoms with Crippen LogP contribution in [-0.4, -0.2) is 89.0 Å². The van der Waals surface area contributed by atoms with E-state index in [2.05, 4.69) is 44.2 Å². The van der Waals surface area contributed by atoms with Crippen LogP contribution in [0.15, 0.2) is 60.8 Å². The normalized spacial score (nSPS) is 21.5. The van der Waals surface area contributed by atoms with Gasteiger partial charge in [0.25, 0.3) is 0 Å². The molecule has 0 aromatic heterocycles. The number of carbonyl (C=O) groups excluding carboxylic acids is 2. The summed E-state index contributed by atoms with van der Waals surface area (Å²) in [6.07, 6.45) is 32.2. The van der Waals surface area contributed by atoms with Crippen LogP contribution in [0.25, 0.3) is 0 Å². The second-order valence-electron chi connectivity index (χ2n) is 13.8. The SMILES string of the molecule is CC/C=C/C=C/C=C/C=C/CCCCCCCC(=O)O[C@H](COC(=O)CCCCCCC/C=C/CCCCCC)CO[C@@H]1O[C@H](CO)[C@H](O)C(O)C1O. The zero-order chi connectivity index (χ0) is 38.8. The Morgan fingerprint density at radius 3 is 1.74 bits per heavy atom. The lowest BCUT2D eigenvalue weighted by molar-refractivity contribution is -0.305. The predicted molar refractivity (Wildman–Crippen MR) is 210 cm³/mol. The lowest BCUT2D eigenvalue weighted by Crippen LogP contribution is -2.59. The molecule has 2 unspecified atom stereocenters. The summed E-state index contributed by atoms with van der Waals surface area (Å²) in [5.41, 5.74) is 0. The largest absolute Gasteiger partial charge is 0.462 e. The summed E-state index contributed by atoms with van der Waals surface area (Å²) >= 11 is 0. The molecule has 1 rings (SSSR count). The minimum absolute atomic E-state index is 0.199. The molecule has 1 heterocycles. The first-order chi connectivity index (χ1) is 25.8. The summed E-state index contributed by atoms with van der Waals surface area (Å²) < 4.78 is 22.1. The van der Waals surface area contributed by atoms with Gasteiger partial charge in [-0.2, -0.15) is 0 Å². The van der Waals surface area contributed by atoms with Crippen molar-refractivity contribution in [2.24, 2.45) is 0 Å². The van der Waals surface area contributed by atoms with Crippen LogP contribution in [0.2, 0.25) is 0 Å². The van der Waals surface area contributed by atoms with Crippen molar-refractivity contribution >= 4 is 11.9 Å². The van der Waals surface area contributed by atoms with Gasteiger partial charge in [-0.25, -0.2) is 0 Å². The van der Waals surface area contributed by atoms with Crippen LogP contribution in [0.4, 0.5) is 0 Å². The van der Waals surface area contributed by atoms with E-state index in [1.807, 2.05) is 30.4 Å². The number of esters is 2. The number of ether oxygens (including phenoxy) is 4. The molecule has 6 atom stereocenters. The van der Waals surface area contributed by atoms with Crippen molar-refractivity contribution in [2.45, 2.75) is 179 Å². The average molecular weight is 749 g/mol. The highest BCUT2D eigenvalue weighted by Crippen LogP contribution is 2.22. The average Bonchev–Trinajstić information content (AvgIpc) is 3.15. The van der Waals surface area contributed by atoms with Crippen molar-refractivity contribution in [1.82, 2.24) is 0 Å². The molecule has 0 aromatic carbocycles. The van der Waals surface area contributed by atoms with Crippen molar-refractivity contribution in [3.8, 4) is 0 Å². The standard InChI is InChI=1S/C43H72O10/c1-3-5-7-9-11-13-15-17-18-20-22-24-26-28-30-32-39(46)52-36(35-51-43-42(49)41(48)40(47)37(33-44)53-43)34-50-38(45)31-29-27-25-23-21-19-16-14-12-10-8-6-4-2/h5,7,9,11,13-18,36-37,40-44,47-49H,3-4,6,8,10,12,19-35H2,1-2H3/b7-5+,11-9+,15-13+,16-14+,18-17+/t36-,37-,40+,41?,42?,43-/m1/s1. The quantitative estimate of drug-likeness (QED) is 0.0231. The Labute approximate surface area is 320 Å². The monoisotopic (exact) mass is 749 g/mol. The third kappa shape index (κ3) is 25.9. The molecule has 1 fully saturated rings. The Bertz CT molecular complexity index is 1050. The van der Waals surface area contributed by atoms with Gasteiger partial charge < -0.3 is 39.4 Å². The van der Waals surface area contributed by atoms with Crippen LogP contribution in [0, 0.1) is 0 Å². The lowest BCUT2D eigenvalue weighted by atomic mass is 9.99. The Morgan fingerprint density at radius 1 is 0.604 bits per heavy atom. The smallest absolute Gasteiger partial charge is 0.306 e. The van der Waals surface area contributed by atoms with Crippen molar-refractivity contribution in [3.05, 3.63) is 60.8 Å². The first kappa shape index (κ1) is 48.4. The first-order valence-electron chi connectivity index (χ1n) is 20.4. The van der Waals surface area contributed by atoms with E-state index >= 15 is 0 Å². The van der Waals surface area contributed by atoms with Crippen LogP contribution >= 0.6 is 0 Å². The fourth-order valence-corrected chi connectivity index (χ4v) is 5.72. The van der Waals surface area contributed by atoms with Gasteiger partial charge in [0.15, 0.2) is 12.4 Å². The van der Waals surface area contributed by atoms with E-state index in [4.69, 9.17) is 18.9 Å². The van der Waals surface area contributed by atoms with Crippen molar-refractivity contribution in [1.29, 1.82) is 0 Å². The molecule has 0 aliphatic carbocycles. The number of hydrogen-bond donors (Lipinski definition) is 4. The van der Waals surface area contributed by atoms with Gasteiger partial charge in [-0.1, -0.05) is 132 Å². The van der Waals surface area contributed by atoms with Gasteiger partial charge in [-0.15, -0.1) is 0 Å². The Balaban J connectivity index is 2.41. The number of aliphatic hydroxyl groups is 4. The molecule has 1 saturated heterocycles. The molecule has 10 nitrogen and oxygen atoms in total. The molecular formula is C43H72O10. The molecule has 4 N–H and O–H groups in total. The van der Waals surface area contributed by atoms with E-state index in [9.17, 15) is 30.0 Å². The lowest BCUT2D eigenvalue weighted by Gasteiger charge is -2.39. The van der Waals surface area contributed by atoms with Crippen molar-refractivity contribution in [3.63, 3.8) is 0 Å². The zero-order valence-corrected chi connectivity index (χ0v) is 32.7. The summed E-state index contributed by atoms with van der Waals surface area (Å²) in [5, 5.41) is 40.0. The van der Waals surface area contributed by atoms with Gasteiger partial charge in [-0.3, -0.25) is 9.59 Å². The third-order valence-corrected chi connectivity index (χ3v) is 8.98. The minimum atomic E-state index is -1.60. The van der Waals surface area contributed by atoms with Crippen LogP contribution < -0.4 is 0 Å². The maximum Gasteiger partial charge on any atom is 0.306 e. The summed E-state index contributed by atoms with van der Waals surface area (Å²) in [7, 11) is 0. The fourth-order valence-electron chi connectivity index (χ4n) is 5.72. The van der Waals surface area contributed by atoms with E-state index < -0.39 is 55.4 Å². The summed E-state index contributed by atoms with van der Waals surface area (Å²) in [4.78, 5) is 25.2.